The van der Waals surface area contributed by atoms with E-state index >= 15 is 0 Å². The van der Waals surface area contributed by atoms with Crippen LogP contribution in [0.15, 0.2) is 29.1 Å². The molecule has 0 spiro atoms. The van der Waals surface area contributed by atoms with Gasteiger partial charge in [0.2, 0.25) is 0 Å². The molecule has 1 aliphatic heterocycles. The topological polar surface area (TPSA) is 43.1 Å². The Morgan fingerprint density at radius 1 is 1.21 bits per heavy atom. The Morgan fingerprint density at radius 2 is 1.96 bits per heavy atom. The van der Waals surface area contributed by atoms with Crippen LogP contribution in [0.3, 0.4) is 0 Å². The quantitative estimate of drug-likeness (QED) is 0.865. The third-order valence-corrected chi connectivity index (χ3v) is 5.14. The van der Waals surface area contributed by atoms with Gasteiger partial charge in [-0.05, 0) is 56.5 Å². The van der Waals surface area contributed by atoms with Crippen molar-refractivity contribution in [2.24, 2.45) is 7.05 Å². The Kier molecular flexibility index (Phi) is 4.00. The maximum atomic E-state index is 13.3. The minimum atomic E-state index is -0.177. The van der Waals surface area contributed by atoms with E-state index < -0.39 is 0 Å². The first-order chi connectivity index (χ1) is 11.6. The highest BCUT2D eigenvalue weighted by Gasteiger charge is 2.33. The monoisotopic (exact) mass is 330 g/mol. The lowest BCUT2D eigenvalue weighted by atomic mass is 9.95. The molecule has 6 heteroatoms. The highest BCUT2D eigenvalue weighted by Crippen LogP contribution is 2.37. The number of hydrogen-bond acceptors (Lipinski definition) is 3. The Balaban J connectivity index is 1.43. The van der Waals surface area contributed by atoms with Crippen molar-refractivity contribution < 1.29 is 4.39 Å². The van der Waals surface area contributed by atoms with Crippen molar-refractivity contribution in [1.29, 1.82) is 0 Å². The van der Waals surface area contributed by atoms with Crippen LogP contribution in [0.25, 0.3) is 0 Å². The van der Waals surface area contributed by atoms with Crippen LogP contribution in [-0.4, -0.2) is 32.3 Å². The van der Waals surface area contributed by atoms with E-state index in [2.05, 4.69) is 10.00 Å². The van der Waals surface area contributed by atoms with Gasteiger partial charge in [-0.15, -0.1) is 0 Å². The van der Waals surface area contributed by atoms with Gasteiger partial charge in [0, 0.05) is 25.6 Å². The molecule has 0 radical (unpaired) electrons. The summed E-state index contributed by atoms with van der Waals surface area (Å²) >= 11 is 0. The molecule has 0 bridgehead atoms. The minimum absolute atomic E-state index is 0.0229. The lowest BCUT2D eigenvalue weighted by molar-refractivity contribution is 0.199. The van der Waals surface area contributed by atoms with Crippen molar-refractivity contribution in [2.75, 3.05) is 13.1 Å². The number of aromatic nitrogens is 3. The number of piperidine rings is 1. The van der Waals surface area contributed by atoms with E-state index in [1.54, 1.807) is 19.2 Å². The first-order valence-electron chi connectivity index (χ1n) is 8.74. The lowest BCUT2D eigenvalue weighted by Gasteiger charge is -2.31. The van der Waals surface area contributed by atoms with Crippen LogP contribution in [0.2, 0.25) is 0 Å². The van der Waals surface area contributed by atoms with E-state index in [-0.39, 0.29) is 11.5 Å². The van der Waals surface area contributed by atoms with Crippen LogP contribution in [0.5, 0.6) is 0 Å². The molecule has 5 nitrogen and oxygen atoms in total. The van der Waals surface area contributed by atoms with Gasteiger partial charge in [-0.2, -0.15) is 5.10 Å². The van der Waals surface area contributed by atoms with Crippen molar-refractivity contribution in [3.05, 3.63) is 52.0 Å². The Bertz CT molecular complexity index is 785. The number of halogens is 1. The predicted molar refractivity (Wildman–Crippen MR) is 89.4 cm³/mol. The van der Waals surface area contributed by atoms with Gasteiger partial charge in [0.15, 0.2) is 0 Å². The third kappa shape index (κ3) is 3.02. The molecular formula is C18H23FN4O. The maximum absolute atomic E-state index is 13.3. The normalized spacial score (nSPS) is 19.8. The van der Waals surface area contributed by atoms with Crippen LogP contribution in [0, 0.1) is 5.82 Å². The molecule has 1 saturated carbocycles. The van der Waals surface area contributed by atoms with Gasteiger partial charge in [0.25, 0.3) is 0 Å². The van der Waals surface area contributed by atoms with Gasteiger partial charge in [0.05, 0.1) is 0 Å². The maximum Gasteiger partial charge on any atom is 0.345 e. The van der Waals surface area contributed by atoms with Crippen molar-refractivity contribution in [3.63, 3.8) is 0 Å². The average molecular weight is 330 g/mol. The van der Waals surface area contributed by atoms with E-state index in [1.165, 1.54) is 10.7 Å². The van der Waals surface area contributed by atoms with E-state index in [1.807, 2.05) is 10.6 Å². The molecule has 2 aliphatic rings. The summed E-state index contributed by atoms with van der Waals surface area (Å²) in [6.45, 7) is 2.69. The van der Waals surface area contributed by atoms with Crippen molar-refractivity contribution in [2.45, 2.75) is 44.2 Å². The van der Waals surface area contributed by atoms with Gasteiger partial charge >= 0.3 is 5.69 Å². The zero-order chi connectivity index (χ0) is 16.7. The second kappa shape index (κ2) is 6.16. The zero-order valence-electron chi connectivity index (χ0n) is 14.0. The molecule has 0 amide bonds. The molecule has 2 aromatic rings. The van der Waals surface area contributed by atoms with E-state index in [4.69, 9.17) is 0 Å². The molecule has 2 fully saturated rings. The molecule has 1 aromatic carbocycles. The zero-order valence-corrected chi connectivity index (χ0v) is 14.0. The van der Waals surface area contributed by atoms with Gasteiger partial charge in [-0.3, -0.25) is 9.47 Å². The molecule has 0 unspecified atom stereocenters. The molecule has 24 heavy (non-hydrogen) atoms. The Hall–Kier alpha value is -1.95. The Morgan fingerprint density at radius 3 is 2.62 bits per heavy atom. The smallest absolute Gasteiger partial charge is 0.299 e. The van der Waals surface area contributed by atoms with Gasteiger partial charge < -0.3 is 0 Å². The van der Waals surface area contributed by atoms with Crippen LogP contribution >= 0.6 is 0 Å². The molecular weight excluding hydrogens is 307 g/mol. The SMILES string of the molecule is Cn1nc(C2CCN(Cc3cccc(F)c3)CC2)n(C2CC2)c1=O. The first-order valence-corrected chi connectivity index (χ1v) is 8.74. The highest BCUT2D eigenvalue weighted by molar-refractivity contribution is 5.16. The summed E-state index contributed by atoms with van der Waals surface area (Å²) in [5.74, 6) is 1.14. The van der Waals surface area contributed by atoms with Gasteiger partial charge in [-0.1, -0.05) is 12.1 Å². The number of rotatable bonds is 4. The molecule has 0 atom stereocenters. The molecule has 128 valence electrons. The first kappa shape index (κ1) is 15.6. The van der Waals surface area contributed by atoms with Crippen molar-refractivity contribution in [1.82, 2.24) is 19.2 Å². The summed E-state index contributed by atoms with van der Waals surface area (Å²) in [5, 5.41) is 4.51. The van der Waals surface area contributed by atoms with Gasteiger partial charge in [-0.25, -0.2) is 13.9 Å². The number of nitrogens with zero attached hydrogens (tertiary/aromatic N) is 4. The summed E-state index contributed by atoms with van der Waals surface area (Å²) in [6, 6.07) is 7.19. The molecule has 1 saturated heterocycles. The van der Waals surface area contributed by atoms with E-state index in [0.29, 0.717) is 12.0 Å². The lowest BCUT2D eigenvalue weighted by Crippen LogP contribution is -2.33. The molecule has 1 aromatic heterocycles. The third-order valence-electron chi connectivity index (χ3n) is 5.14. The molecule has 4 rings (SSSR count). The number of aryl methyl sites for hydroxylation is 1. The summed E-state index contributed by atoms with van der Waals surface area (Å²) < 4.78 is 16.7. The fourth-order valence-electron chi connectivity index (χ4n) is 3.70. The average Bonchev–Trinajstić information content (AvgIpc) is 3.35. The van der Waals surface area contributed by atoms with E-state index in [0.717, 1.165) is 56.7 Å². The summed E-state index contributed by atoms with van der Waals surface area (Å²) in [5.41, 5.74) is 1.04. The molecule has 1 aliphatic carbocycles. The summed E-state index contributed by atoms with van der Waals surface area (Å²) in [6.07, 6.45) is 4.19. The number of benzene rings is 1. The van der Waals surface area contributed by atoms with Crippen LogP contribution in [0.4, 0.5) is 4.39 Å². The van der Waals surface area contributed by atoms with Crippen LogP contribution in [0.1, 0.15) is 49.0 Å². The second-order valence-corrected chi connectivity index (χ2v) is 7.05. The largest absolute Gasteiger partial charge is 0.345 e. The number of likely N-dealkylation sites (tertiary alicyclic amines) is 1. The summed E-state index contributed by atoms with van der Waals surface area (Å²) in [7, 11) is 1.74. The standard InChI is InChI=1S/C18H23FN4O/c1-21-18(24)23(16-5-6-16)17(20-21)14-7-9-22(10-8-14)12-13-3-2-4-15(19)11-13/h2-4,11,14,16H,5-10,12H2,1H3. The van der Waals surface area contributed by atoms with Crippen LogP contribution in [-0.2, 0) is 13.6 Å². The van der Waals surface area contributed by atoms with Gasteiger partial charge in [0.1, 0.15) is 11.6 Å². The summed E-state index contributed by atoms with van der Waals surface area (Å²) in [4.78, 5) is 14.6. The fraction of sp³-hybridized carbons (Fsp3) is 0.556. The molecule has 2 heterocycles. The van der Waals surface area contributed by atoms with E-state index in [9.17, 15) is 9.18 Å². The van der Waals surface area contributed by atoms with Crippen LogP contribution < -0.4 is 5.69 Å². The number of hydrogen-bond donors (Lipinski definition) is 0. The minimum Gasteiger partial charge on any atom is -0.299 e. The fourth-order valence-corrected chi connectivity index (χ4v) is 3.70. The second-order valence-electron chi connectivity index (χ2n) is 7.05. The highest BCUT2D eigenvalue weighted by atomic mass is 19.1. The van der Waals surface area contributed by atoms with Crippen molar-refractivity contribution in [3.8, 4) is 0 Å². The predicted octanol–water partition coefficient (Wildman–Crippen LogP) is 2.44. The molecule has 0 N–H and O–H groups in total. The Labute approximate surface area is 140 Å². The van der Waals surface area contributed by atoms with Crippen molar-refractivity contribution >= 4 is 0 Å².